The summed E-state index contributed by atoms with van der Waals surface area (Å²) in [5.74, 6) is 0. The summed E-state index contributed by atoms with van der Waals surface area (Å²) in [4.78, 5) is 18.5. The molecule has 1 rings (SSSR count). The minimum absolute atomic E-state index is 0.129. The third kappa shape index (κ3) is 4.93. The number of anilines is 2. The van der Waals surface area contributed by atoms with Crippen LogP contribution in [-0.2, 0) is 0 Å². The third-order valence-electron chi connectivity index (χ3n) is 1.25. The number of primary amides is 1. The van der Waals surface area contributed by atoms with Crippen LogP contribution in [0.5, 0.6) is 0 Å². The standard InChI is InChI=1S/C6H7N3O2.CH3NO2/c7-4-1-2-5(8)6(3-4)9(10)11;2-1(3)4/h1-3H,7-8H2;2H2,(H,3,4). The molecule has 1 amide bonds. The van der Waals surface area contributed by atoms with Crippen molar-refractivity contribution in [1.29, 1.82) is 0 Å². The summed E-state index contributed by atoms with van der Waals surface area (Å²) in [6, 6.07) is 4.16. The third-order valence-corrected chi connectivity index (χ3v) is 1.25. The monoisotopic (exact) mass is 214 g/mol. The molecule has 0 saturated carbocycles. The average molecular weight is 214 g/mol. The summed E-state index contributed by atoms with van der Waals surface area (Å²) in [5, 5.41) is 17.4. The molecule has 1 aromatic carbocycles. The topological polar surface area (TPSA) is 158 Å². The van der Waals surface area contributed by atoms with Gasteiger partial charge in [-0.1, -0.05) is 0 Å². The maximum absolute atomic E-state index is 10.2. The van der Waals surface area contributed by atoms with E-state index in [0.29, 0.717) is 5.69 Å². The number of amides is 1. The van der Waals surface area contributed by atoms with E-state index in [-0.39, 0.29) is 11.4 Å². The summed E-state index contributed by atoms with van der Waals surface area (Å²) in [6.07, 6.45) is -1.33. The number of benzene rings is 1. The van der Waals surface area contributed by atoms with Gasteiger partial charge < -0.3 is 22.3 Å². The second-order valence-electron chi connectivity index (χ2n) is 2.41. The van der Waals surface area contributed by atoms with E-state index in [1.165, 1.54) is 18.2 Å². The molecule has 0 aliphatic rings. The number of carboxylic acid groups (broad SMARTS) is 1. The molecule has 0 aromatic heterocycles. The Morgan fingerprint density at radius 2 is 1.87 bits per heavy atom. The van der Waals surface area contributed by atoms with E-state index < -0.39 is 11.0 Å². The predicted molar refractivity (Wildman–Crippen MR) is 54.1 cm³/mol. The van der Waals surface area contributed by atoms with Crippen molar-refractivity contribution in [3.63, 3.8) is 0 Å². The van der Waals surface area contributed by atoms with E-state index in [0.717, 1.165) is 0 Å². The lowest BCUT2D eigenvalue weighted by molar-refractivity contribution is -0.383. The number of rotatable bonds is 1. The summed E-state index contributed by atoms with van der Waals surface area (Å²) in [7, 11) is 0. The number of carbonyl (C=O) groups is 1. The lowest BCUT2D eigenvalue weighted by atomic mass is 10.2. The summed E-state index contributed by atoms with van der Waals surface area (Å²) >= 11 is 0. The van der Waals surface area contributed by atoms with Gasteiger partial charge in [-0.2, -0.15) is 0 Å². The Morgan fingerprint density at radius 1 is 1.40 bits per heavy atom. The number of nitrogen functional groups attached to an aromatic ring is 2. The highest BCUT2D eigenvalue weighted by Gasteiger charge is 2.09. The molecule has 0 saturated heterocycles. The minimum Gasteiger partial charge on any atom is -0.465 e. The van der Waals surface area contributed by atoms with Crippen LogP contribution in [0.1, 0.15) is 0 Å². The molecule has 0 bridgehead atoms. The van der Waals surface area contributed by atoms with E-state index in [9.17, 15) is 10.1 Å². The summed E-state index contributed by atoms with van der Waals surface area (Å²) in [6.45, 7) is 0. The molecule has 1 aromatic rings. The van der Waals surface area contributed by atoms with Crippen LogP contribution in [0.4, 0.5) is 21.9 Å². The van der Waals surface area contributed by atoms with Gasteiger partial charge in [0.05, 0.1) is 4.92 Å². The molecule has 82 valence electrons. The van der Waals surface area contributed by atoms with Gasteiger partial charge in [0.2, 0.25) is 0 Å². The van der Waals surface area contributed by atoms with Crippen LogP contribution in [0.15, 0.2) is 18.2 Å². The Hall–Kier alpha value is -2.51. The van der Waals surface area contributed by atoms with Crippen LogP contribution in [-0.4, -0.2) is 16.1 Å². The Labute approximate surface area is 84.4 Å². The number of hydrogen-bond acceptors (Lipinski definition) is 5. The number of nitrogens with two attached hydrogens (primary N) is 3. The molecular weight excluding hydrogens is 204 g/mol. The van der Waals surface area contributed by atoms with Crippen LogP contribution < -0.4 is 17.2 Å². The average Bonchev–Trinajstić information content (AvgIpc) is 2.08. The Bertz CT molecular complexity index is 375. The fourth-order valence-corrected chi connectivity index (χ4v) is 0.719. The van der Waals surface area contributed by atoms with Gasteiger partial charge in [0.1, 0.15) is 5.69 Å². The second-order valence-corrected chi connectivity index (χ2v) is 2.41. The Balaban J connectivity index is 0.000000423. The van der Waals surface area contributed by atoms with Crippen molar-refractivity contribution in [2.45, 2.75) is 0 Å². The van der Waals surface area contributed by atoms with Crippen LogP contribution in [0.25, 0.3) is 0 Å². The summed E-state index contributed by atoms with van der Waals surface area (Å²) in [5.41, 5.74) is 14.9. The highest BCUT2D eigenvalue weighted by Crippen LogP contribution is 2.22. The van der Waals surface area contributed by atoms with Crippen molar-refractivity contribution < 1.29 is 14.8 Å². The van der Waals surface area contributed by atoms with Crippen LogP contribution in [0.3, 0.4) is 0 Å². The van der Waals surface area contributed by atoms with E-state index in [4.69, 9.17) is 21.4 Å². The maximum Gasteiger partial charge on any atom is 0.402 e. The van der Waals surface area contributed by atoms with E-state index in [1.54, 1.807) is 0 Å². The predicted octanol–water partition coefficient (Wildman–Crippen LogP) is 0.382. The number of nitro benzene ring substituents is 1. The number of nitrogens with zero attached hydrogens (tertiary/aromatic N) is 1. The highest BCUT2D eigenvalue weighted by molar-refractivity contribution is 5.64. The van der Waals surface area contributed by atoms with Crippen molar-refractivity contribution >= 4 is 23.2 Å². The first kappa shape index (κ1) is 12.5. The lowest BCUT2D eigenvalue weighted by Gasteiger charge is -1.96. The summed E-state index contributed by atoms with van der Waals surface area (Å²) < 4.78 is 0. The number of nitro groups is 1. The molecule has 0 aliphatic heterocycles. The Kier molecular flexibility index (Phi) is 4.39. The zero-order chi connectivity index (χ0) is 12.0. The van der Waals surface area contributed by atoms with E-state index in [2.05, 4.69) is 5.73 Å². The van der Waals surface area contributed by atoms with Gasteiger partial charge in [0.25, 0.3) is 5.69 Å². The number of hydrogen-bond donors (Lipinski definition) is 4. The van der Waals surface area contributed by atoms with Crippen molar-refractivity contribution in [1.82, 2.24) is 0 Å². The zero-order valence-electron chi connectivity index (χ0n) is 7.58. The van der Waals surface area contributed by atoms with Crippen molar-refractivity contribution in [2.75, 3.05) is 11.5 Å². The van der Waals surface area contributed by atoms with Gasteiger partial charge in [-0.3, -0.25) is 10.1 Å². The van der Waals surface area contributed by atoms with Crippen LogP contribution >= 0.6 is 0 Å². The lowest BCUT2D eigenvalue weighted by Crippen LogP contribution is -2.03. The fraction of sp³-hybridized carbons (Fsp3) is 0. The van der Waals surface area contributed by atoms with Crippen LogP contribution in [0.2, 0.25) is 0 Å². The molecule has 0 aliphatic carbocycles. The first-order valence-corrected chi connectivity index (χ1v) is 3.62. The SMILES string of the molecule is NC(=O)O.Nc1ccc(N)c([N+](=O)[O-])c1. The maximum atomic E-state index is 10.2. The van der Waals surface area contributed by atoms with E-state index in [1.807, 2.05) is 0 Å². The second kappa shape index (κ2) is 5.27. The fourth-order valence-electron chi connectivity index (χ4n) is 0.719. The molecule has 7 N–H and O–H groups in total. The van der Waals surface area contributed by atoms with Crippen LogP contribution in [0, 0.1) is 10.1 Å². The normalized spacial score (nSPS) is 8.53. The van der Waals surface area contributed by atoms with Gasteiger partial charge in [0, 0.05) is 11.8 Å². The van der Waals surface area contributed by atoms with Gasteiger partial charge in [-0.05, 0) is 12.1 Å². The largest absolute Gasteiger partial charge is 0.465 e. The zero-order valence-corrected chi connectivity index (χ0v) is 7.58. The van der Waals surface area contributed by atoms with Crippen molar-refractivity contribution in [3.05, 3.63) is 28.3 Å². The first-order valence-electron chi connectivity index (χ1n) is 3.62. The van der Waals surface area contributed by atoms with Gasteiger partial charge >= 0.3 is 6.09 Å². The van der Waals surface area contributed by atoms with E-state index >= 15 is 0 Å². The molecule has 8 nitrogen and oxygen atoms in total. The molecule has 0 unspecified atom stereocenters. The van der Waals surface area contributed by atoms with Gasteiger partial charge in [0.15, 0.2) is 0 Å². The smallest absolute Gasteiger partial charge is 0.402 e. The van der Waals surface area contributed by atoms with Crippen molar-refractivity contribution in [3.8, 4) is 0 Å². The van der Waals surface area contributed by atoms with Crippen molar-refractivity contribution in [2.24, 2.45) is 5.73 Å². The molecule has 15 heavy (non-hydrogen) atoms. The molecule has 8 heteroatoms. The minimum atomic E-state index is -1.33. The first-order chi connectivity index (χ1) is 6.84. The molecule has 0 spiro atoms. The van der Waals surface area contributed by atoms with Gasteiger partial charge in [-0.25, -0.2) is 4.79 Å². The quantitative estimate of drug-likeness (QED) is 0.300. The molecule has 0 atom stereocenters. The van der Waals surface area contributed by atoms with Gasteiger partial charge in [-0.15, -0.1) is 0 Å². The molecule has 0 fully saturated rings. The Morgan fingerprint density at radius 3 is 2.20 bits per heavy atom. The highest BCUT2D eigenvalue weighted by atomic mass is 16.6. The molecular formula is C7H10N4O4. The molecule has 0 radical (unpaired) electrons. The molecule has 0 heterocycles.